The third-order valence-electron chi connectivity index (χ3n) is 11.5. The summed E-state index contributed by atoms with van der Waals surface area (Å²) in [5, 5.41) is 7.60. The second-order valence-electron chi connectivity index (χ2n) is 14.6. The summed E-state index contributed by atoms with van der Waals surface area (Å²) in [6, 6.07) is 62.8. The maximum Gasteiger partial charge on any atom is 0.0547 e. The van der Waals surface area contributed by atoms with Gasteiger partial charge in [-0.2, -0.15) is 0 Å². The maximum absolute atomic E-state index is 2.48. The van der Waals surface area contributed by atoms with Crippen molar-refractivity contribution in [1.29, 1.82) is 0 Å². The Hall–Kier alpha value is -6.38. The van der Waals surface area contributed by atoms with Crippen molar-refractivity contribution in [1.82, 2.24) is 9.13 Å². The molecule has 11 rings (SSSR count). The highest BCUT2D eigenvalue weighted by molar-refractivity contribution is 6.14. The monoisotopic (exact) mass is 650 g/mol. The minimum absolute atomic E-state index is 0.0672. The first-order valence-electron chi connectivity index (χ1n) is 17.9. The topological polar surface area (TPSA) is 9.86 Å². The highest BCUT2D eigenvalue weighted by Crippen LogP contribution is 2.51. The fraction of sp³-hybridized carbons (Fsp3) is 0.0612. The quantitative estimate of drug-likeness (QED) is 0.180. The van der Waals surface area contributed by atoms with Gasteiger partial charge in [-0.1, -0.05) is 123 Å². The summed E-state index contributed by atoms with van der Waals surface area (Å²) in [4.78, 5) is 0. The van der Waals surface area contributed by atoms with Crippen molar-refractivity contribution < 1.29 is 0 Å². The van der Waals surface area contributed by atoms with Crippen LogP contribution in [-0.4, -0.2) is 9.13 Å². The van der Waals surface area contributed by atoms with Gasteiger partial charge in [-0.15, -0.1) is 0 Å². The molecule has 0 fully saturated rings. The number of nitrogens with zero attached hydrogens (tertiary/aromatic N) is 2. The predicted molar refractivity (Wildman–Crippen MR) is 216 cm³/mol. The Bertz CT molecular complexity index is 3040. The van der Waals surface area contributed by atoms with E-state index in [4.69, 9.17) is 0 Å². The maximum atomic E-state index is 2.48. The van der Waals surface area contributed by atoms with Crippen molar-refractivity contribution in [3.05, 3.63) is 181 Å². The van der Waals surface area contributed by atoms with E-state index in [1.807, 2.05) is 0 Å². The molecule has 10 aromatic rings. The molecular formula is C49H34N2. The van der Waals surface area contributed by atoms with E-state index in [2.05, 4.69) is 193 Å². The zero-order valence-corrected chi connectivity index (χ0v) is 28.6. The molecule has 2 aromatic heterocycles. The summed E-state index contributed by atoms with van der Waals surface area (Å²) in [6.07, 6.45) is 0. The molecule has 0 unspecified atom stereocenters. The average molecular weight is 651 g/mol. The van der Waals surface area contributed by atoms with E-state index >= 15 is 0 Å². The molecule has 0 amide bonds. The van der Waals surface area contributed by atoms with Gasteiger partial charge in [0.1, 0.15) is 0 Å². The van der Waals surface area contributed by atoms with E-state index in [1.54, 1.807) is 0 Å². The molecule has 0 N–H and O–H groups in total. The van der Waals surface area contributed by atoms with Crippen LogP contribution >= 0.6 is 0 Å². The summed E-state index contributed by atoms with van der Waals surface area (Å²) >= 11 is 0. The van der Waals surface area contributed by atoms with Crippen LogP contribution < -0.4 is 0 Å². The highest BCUT2D eigenvalue weighted by Gasteiger charge is 2.36. The molecule has 0 saturated carbocycles. The minimum Gasteiger partial charge on any atom is -0.309 e. The van der Waals surface area contributed by atoms with Gasteiger partial charge < -0.3 is 9.13 Å². The van der Waals surface area contributed by atoms with Gasteiger partial charge in [0, 0.05) is 38.0 Å². The molecule has 2 nitrogen and oxygen atoms in total. The van der Waals surface area contributed by atoms with Gasteiger partial charge in [0.25, 0.3) is 0 Å². The Morgan fingerprint density at radius 3 is 1.80 bits per heavy atom. The Kier molecular flexibility index (Phi) is 5.76. The van der Waals surface area contributed by atoms with Gasteiger partial charge in [0.2, 0.25) is 0 Å². The average Bonchev–Trinajstić information content (AvgIpc) is 3.76. The van der Waals surface area contributed by atoms with Crippen LogP contribution in [0.25, 0.3) is 88.0 Å². The first-order chi connectivity index (χ1) is 25.1. The third kappa shape index (κ3) is 3.93. The lowest BCUT2D eigenvalue weighted by Gasteiger charge is -2.21. The van der Waals surface area contributed by atoms with Crippen LogP contribution in [0.1, 0.15) is 25.0 Å². The molecule has 240 valence electrons. The molecule has 0 spiro atoms. The zero-order chi connectivity index (χ0) is 33.8. The van der Waals surface area contributed by atoms with Crippen molar-refractivity contribution in [2.45, 2.75) is 19.3 Å². The molecule has 0 atom stereocenters. The summed E-state index contributed by atoms with van der Waals surface area (Å²) in [7, 11) is 0. The standard InChI is InChI=1S/C49H34N2/c1-49(2)42-20-10-8-18-36(42)38-30-48-41(29-43(38)49)40-28-33(23-25-46(40)50(48)34-15-4-3-5-16-34)32-24-26-47-39(27-32)37-19-9-11-21-45(37)51(47)44-22-12-14-31-13-6-7-17-35(31)44/h3-30H,1-2H3. The van der Waals surface area contributed by atoms with Crippen molar-refractivity contribution in [2.75, 3.05) is 0 Å². The third-order valence-corrected chi connectivity index (χ3v) is 11.5. The summed E-state index contributed by atoms with van der Waals surface area (Å²) in [5.41, 5.74) is 15.2. The molecule has 1 aliphatic carbocycles. The van der Waals surface area contributed by atoms with E-state index in [0.717, 1.165) is 0 Å². The van der Waals surface area contributed by atoms with Gasteiger partial charge in [-0.25, -0.2) is 0 Å². The number of benzene rings is 8. The number of hydrogen-bond acceptors (Lipinski definition) is 0. The molecule has 0 saturated heterocycles. The minimum atomic E-state index is -0.0672. The second-order valence-corrected chi connectivity index (χ2v) is 14.6. The van der Waals surface area contributed by atoms with E-state index in [9.17, 15) is 0 Å². The molecule has 0 radical (unpaired) electrons. The smallest absolute Gasteiger partial charge is 0.0547 e. The van der Waals surface area contributed by atoms with Crippen molar-refractivity contribution in [2.24, 2.45) is 0 Å². The molecule has 2 heteroatoms. The normalized spacial score (nSPS) is 13.5. The van der Waals surface area contributed by atoms with Gasteiger partial charge in [-0.05, 0) is 99.4 Å². The first kappa shape index (κ1) is 28.5. The van der Waals surface area contributed by atoms with E-state index in [0.29, 0.717) is 0 Å². The van der Waals surface area contributed by atoms with Crippen LogP contribution in [0.2, 0.25) is 0 Å². The fourth-order valence-electron chi connectivity index (χ4n) is 9.06. The first-order valence-corrected chi connectivity index (χ1v) is 17.9. The van der Waals surface area contributed by atoms with E-state index in [1.165, 1.54) is 99.1 Å². The molecule has 8 aromatic carbocycles. The molecule has 2 heterocycles. The Balaban J connectivity index is 1.15. The molecule has 1 aliphatic rings. The summed E-state index contributed by atoms with van der Waals surface area (Å²) in [5.74, 6) is 0. The lowest BCUT2D eigenvalue weighted by Crippen LogP contribution is -2.14. The number of hydrogen-bond donors (Lipinski definition) is 0. The van der Waals surface area contributed by atoms with Crippen LogP contribution in [0.3, 0.4) is 0 Å². The van der Waals surface area contributed by atoms with Crippen LogP contribution in [0.5, 0.6) is 0 Å². The van der Waals surface area contributed by atoms with E-state index in [-0.39, 0.29) is 5.41 Å². The van der Waals surface area contributed by atoms with Gasteiger partial charge in [0.15, 0.2) is 0 Å². The summed E-state index contributed by atoms with van der Waals surface area (Å²) in [6.45, 7) is 4.74. The van der Waals surface area contributed by atoms with Gasteiger partial charge in [0.05, 0.1) is 27.8 Å². The van der Waals surface area contributed by atoms with Crippen LogP contribution in [0.15, 0.2) is 170 Å². The second kappa shape index (κ2) is 10.3. The lowest BCUT2D eigenvalue weighted by atomic mass is 9.82. The number of aromatic nitrogens is 2. The van der Waals surface area contributed by atoms with Crippen LogP contribution in [0, 0.1) is 0 Å². The molecular weight excluding hydrogens is 617 g/mol. The highest BCUT2D eigenvalue weighted by atomic mass is 15.0. The van der Waals surface area contributed by atoms with Gasteiger partial charge in [-0.3, -0.25) is 0 Å². The Morgan fingerprint density at radius 2 is 0.980 bits per heavy atom. The van der Waals surface area contributed by atoms with Crippen molar-refractivity contribution >= 4 is 54.4 Å². The largest absolute Gasteiger partial charge is 0.309 e. The SMILES string of the molecule is CC1(C)c2ccccc2-c2cc3c(cc21)c1cc(-c2ccc4c(c2)c2ccccc2n4-c2cccc4ccccc24)ccc1n3-c1ccccc1. The van der Waals surface area contributed by atoms with Crippen LogP contribution in [0.4, 0.5) is 0 Å². The van der Waals surface area contributed by atoms with E-state index < -0.39 is 0 Å². The lowest BCUT2D eigenvalue weighted by molar-refractivity contribution is 0.661. The summed E-state index contributed by atoms with van der Waals surface area (Å²) < 4.78 is 4.89. The fourth-order valence-corrected chi connectivity index (χ4v) is 9.06. The molecule has 51 heavy (non-hydrogen) atoms. The number of fused-ring (bicyclic) bond motifs is 10. The Morgan fingerprint density at radius 1 is 0.373 bits per heavy atom. The van der Waals surface area contributed by atoms with Crippen molar-refractivity contribution in [3.63, 3.8) is 0 Å². The number of rotatable bonds is 3. The van der Waals surface area contributed by atoms with Crippen molar-refractivity contribution in [3.8, 4) is 33.6 Å². The zero-order valence-electron chi connectivity index (χ0n) is 28.6. The van der Waals surface area contributed by atoms with Crippen LogP contribution in [-0.2, 0) is 5.41 Å². The Labute approximate surface area is 296 Å². The van der Waals surface area contributed by atoms with Gasteiger partial charge >= 0.3 is 0 Å². The molecule has 0 aliphatic heterocycles. The molecule has 0 bridgehead atoms. The predicted octanol–water partition coefficient (Wildman–Crippen LogP) is 13.0. The number of para-hydroxylation sites is 2.